The molecule has 0 aliphatic carbocycles. The lowest BCUT2D eigenvalue weighted by atomic mass is 9.97. The molecule has 0 unspecified atom stereocenters. The van der Waals surface area contributed by atoms with Crippen molar-refractivity contribution in [2.24, 2.45) is 0 Å². The number of rotatable bonds is 3. The molecule has 3 rings (SSSR count). The van der Waals surface area contributed by atoms with Crippen LogP contribution in [-0.4, -0.2) is 37.7 Å². The molecular formula is C16H23NO3S. The highest BCUT2D eigenvalue weighted by Crippen LogP contribution is 2.38. The number of aryl methyl sites for hydroxylation is 1. The summed E-state index contributed by atoms with van der Waals surface area (Å²) in [6.45, 7) is 5.71. The fourth-order valence-electron chi connectivity index (χ4n) is 3.43. The third kappa shape index (κ3) is 2.62. The highest BCUT2D eigenvalue weighted by Gasteiger charge is 2.41. The maximum atomic E-state index is 12.9. The van der Waals surface area contributed by atoms with E-state index in [1.54, 1.807) is 4.31 Å². The molecule has 0 saturated carbocycles. The van der Waals surface area contributed by atoms with Gasteiger partial charge in [0.2, 0.25) is 10.0 Å². The lowest BCUT2D eigenvalue weighted by molar-refractivity contribution is 0.197. The number of benzene rings is 1. The Kier molecular flexibility index (Phi) is 4.08. The van der Waals surface area contributed by atoms with Gasteiger partial charge in [-0.1, -0.05) is 18.2 Å². The maximum absolute atomic E-state index is 12.9. The van der Waals surface area contributed by atoms with E-state index < -0.39 is 10.0 Å². The Morgan fingerprint density at radius 1 is 1.24 bits per heavy atom. The van der Waals surface area contributed by atoms with Gasteiger partial charge < -0.3 is 4.74 Å². The number of hydrogen-bond donors (Lipinski definition) is 0. The van der Waals surface area contributed by atoms with Gasteiger partial charge in [-0.3, -0.25) is 0 Å². The monoisotopic (exact) mass is 309 g/mol. The van der Waals surface area contributed by atoms with E-state index in [0.717, 1.165) is 18.4 Å². The Balaban J connectivity index is 1.94. The van der Waals surface area contributed by atoms with Crippen molar-refractivity contribution < 1.29 is 13.2 Å². The minimum absolute atomic E-state index is 0.00417. The zero-order valence-corrected chi connectivity index (χ0v) is 13.5. The minimum atomic E-state index is -3.26. The summed E-state index contributed by atoms with van der Waals surface area (Å²) in [6, 6.07) is 6.18. The molecule has 5 heteroatoms. The van der Waals surface area contributed by atoms with Crippen molar-refractivity contribution in [1.29, 1.82) is 0 Å². The molecule has 21 heavy (non-hydrogen) atoms. The quantitative estimate of drug-likeness (QED) is 0.862. The van der Waals surface area contributed by atoms with Gasteiger partial charge >= 0.3 is 0 Å². The van der Waals surface area contributed by atoms with Crippen LogP contribution in [0.25, 0.3) is 0 Å². The summed E-state index contributed by atoms with van der Waals surface area (Å²) in [5.74, 6) is 0. The maximum Gasteiger partial charge on any atom is 0.219 e. The van der Waals surface area contributed by atoms with Crippen LogP contribution in [0.1, 0.15) is 42.0 Å². The van der Waals surface area contributed by atoms with Crippen LogP contribution in [0.3, 0.4) is 0 Å². The SMILES string of the molecule is Cc1cccc([C@H]2CCCN2S(=O)(=O)[C@H]2CCOC2)c1C. The highest BCUT2D eigenvalue weighted by atomic mass is 32.2. The zero-order valence-electron chi connectivity index (χ0n) is 12.7. The molecule has 0 N–H and O–H groups in total. The molecule has 2 aliphatic rings. The standard InChI is InChI=1S/C16H23NO3S/c1-12-5-3-6-15(13(12)2)16-7-4-9-17(16)21(18,19)14-8-10-20-11-14/h3,5-6,14,16H,4,7-11H2,1-2H3/t14-,16+/m0/s1. The highest BCUT2D eigenvalue weighted by molar-refractivity contribution is 7.89. The van der Waals surface area contributed by atoms with Crippen LogP contribution in [0.5, 0.6) is 0 Å². The number of nitrogens with zero attached hydrogens (tertiary/aromatic N) is 1. The van der Waals surface area contributed by atoms with Crippen molar-refractivity contribution in [2.45, 2.75) is 44.4 Å². The molecule has 0 radical (unpaired) electrons. The Hall–Kier alpha value is -0.910. The van der Waals surface area contributed by atoms with E-state index in [0.29, 0.717) is 26.2 Å². The van der Waals surface area contributed by atoms with Gasteiger partial charge in [0.1, 0.15) is 5.25 Å². The lowest BCUT2D eigenvalue weighted by Crippen LogP contribution is -2.38. The smallest absolute Gasteiger partial charge is 0.219 e. The van der Waals surface area contributed by atoms with Crippen molar-refractivity contribution >= 4 is 10.0 Å². The van der Waals surface area contributed by atoms with Gasteiger partial charge in [0.25, 0.3) is 0 Å². The van der Waals surface area contributed by atoms with Gasteiger partial charge in [0, 0.05) is 13.2 Å². The van der Waals surface area contributed by atoms with Crippen LogP contribution in [-0.2, 0) is 14.8 Å². The van der Waals surface area contributed by atoms with Gasteiger partial charge in [-0.25, -0.2) is 8.42 Å². The van der Waals surface area contributed by atoms with Crippen LogP contribution in [0.2, 0.25) is 0 Å². The molecule has 1 aromatic carbocycles. The normalized spacial score (nSPS) is 27.3. The van der Waals surface area contributed by atoms with Gasteiger partial charge in [-0.2, -0.15) is 4.31 Å². The summed E-state index contributed by atoms with van der Waals surface area (Å²) in [5.41, 5.74) is 3.60. The van der Waals surface area contributed by atoms with E-state index in [4.69, 9.17) is 4.74 Å². The number of ether oxygens (including phenoxy) is 1. The fraction of sp³-hybridized carbons (Fsp3) is 0.625. The van der Waals surface area contributed by atoms with Crippen LogP contribution < -0.4 is 0 Å². The first-order chi connectivity index (χ1) is 10.0. The Morgan fingerprint density at radius 3 is 2.76 bits per heavy atom. The Morgan fingerprint density at radius 2 is 2.05 bits per heavy atom. The van der Waals surface area contributed by atoms with Gasteiger partial charge in [-0.05, 0) is 49.8 Å². The van der Waals surface area contributed by atoms with Gasteiger partial charge in [0.05, 0.1) is 12.6 Å². The molecule has 2 atom stereocenters. The first-order valence-electron chi connectivity index (χ1n) is 7.66. The van der Waals surface area contributed by atoms with Crippen molar-refractivity contribution in [3.8, 4) is 0 Å². The summed E-state index contributed by atoms with van der Waals surface area (Å²) >= 11 is 0. The first kappa shape index (κ1) is 15.0. The number of hydrogen-bond acceptors (Lipinski definition) is 3. The van der Waals surface area contributed by atoms with E-state index in [9.17, 15) is 8.42 Å². The largest absolute Gasteiger partial charge is 0.380 e. The minimum Gasteiger partial charge on any atom is -0.380 e. The summed E-state index contributed by atoms with van der Waals surface area (Å²) in [4.78, 5) is 0. The average Bonchev–Trinajstić information content (AvgIpc) is 3.12. The van der Waals surface area contributed by atoms with E-state index >= 15 is 0 Å². The molecule has 2 aliphatic heterocycles. The molecule has 2 heterocycles. The number of sulfonamides is 1. The molecule has 116 valence electrons. The van der Waals surface area contributed by atoms with E-state index in [1.165, 1.54) is 11.1 Å². The van der Waals surface area contributed by atoms with Gasteiger partial charge in [-0.15, -0.1) is 0 Å². The molecule has 2 saturated heterocycles. The molecular weight excluding hydrogens is 286 g/mol. The Labute approximate surface area is 127 Å². The van der Waals surface area contributed by atoms with Crippen molar-refractivity contribution in [1.82, 2.24) is 4.31 Å². The lowest BCUT2D eigenvalue weighted by Gasteiger charge is -2.28. The summed E-state index contributed by atoms with van der Waals surface area (Å²) in [7, 11) is -3.26. The van der Waals surface area contributed by atoms with Crippen LogP contribution in [0.4, 0.5) is 0 Å². The third-order valence-corrected chi connectivity index (χ3v) is 7.15. The second-order valence-corrected chi connectivity index (χ2v) is 8.25. The second kappa shape index (κ2) is 5.71. The third-order valence-electron chi connectivity index (χ3n) is 4.85. The van der Waals surface area contributed by atoms with E-state index in [2.05, 4.69) is 26.0 Å². The molecule has 0 aromatic heterocycles. The fourth-order valence-corrected chi connectivity index (χ4v) is 5.43. The van der Waals surface area contributed by atoms with Crippen LogP contribution in [0, 0.1) is 13.8 Å². The first-order valence-corrected chi connectivity index (χ1v) is 9.16. The predicted octanol–water partition coefficient (Wildman–Crippen LogP) is 2.56. The molecule has 0 spiro atoms. The van der Waals surface area contributed by atoms with Crippen molar-refractivity contribution in [3.05, 3.63) is 34.9 Å². The molecule has 0 bridgehead atoms. The van der Waals surface area contributed by atoms with Gasteiger partial charge in [0.15, 0.2) is 0 Å². The topological polar surface area (TPSA) is 46.6 Å². The second-order valence-electron chi connectivity index (χ2n) is 6.09. The summed E-state index contributed by atoms with van der Waals surface area (Å²) in [6.07, 6.45) is 2.47. The van der Waals surface area contributed by atoms with Crippen LogP contribution >= 0.6 is 0 Å². The molecule has 0 amide bonds. The van der Waals surface area contributed by atoms with E-state index in [1.807, 2.05) is 6.07 Å². The summed E-state index contributed by atoms with van der Waals surface area (Å²) in [5, 5.41) is -0.358. The van der Waals surface area contributed by atoms with Crippen molar-refractivity contribution in [3.63, 3.8) is 0 Å². The van der Waals surface area contributed by atoms with Crippen molar-refractivity contribution in [2.75, 3.05) is 19.8 Å². The Bertz CT molecular complexity index is 620. The van der Waals surface area contributed by atoms with E-state index in [-0.39, 0.29) is 11.3 Å². The zero-order chi connectivity index (χ0) is 15.0. The predicted molar refractivity (Wildman–Crippen MR) is 82.7 cm³/mol. The van der Waals surface area contributed by atoms with Crippen LogP contribution in [0.15, 0.2) is 18.2 Å². The molecule has 1 aromatic rings. The molecule has 4 nitrogen and oxygen atoms in total. The molecule has 2 fully saturated rings. The average molecular weight is 309 g/mol. The summed E-state index contributed by atoms with van der Waals surface area (Å²) < 4.78 is 32.7.